The summed E-state index contributed by atoms with van der Waals surface area (Å²) in [7, 11) is 0. The number of carbonyl (C=O) groups excluding carboxylic acids is 1. The second-order valence-electron chi connectivity index (χ2n) is 7.75. The molecule has 4 N–H and O–H groups in total. The largest absolute Gasteiger partial charge is 0.444 e. The monoisotopic (exact) mass is 420 g/mol. The molecule has 3 rings (SSSR count). The van der Waals surface area contributed by atoms with Gasteiger partial charge in [0.2, 0.25) is 0 Å². The third-order valence-corrected chi connectivity index (χ3v) is 4.85. The van der Waals surface area contributed by atoms with Gasteiger partial charge >= 0.3 is 6.09 Å². The third-order valence-electron chi connectivity index (χ3n) is 4.36. The maximum absolute atomic E-state index is 12.0. The minimum Gasteiger partial charge on any atom is -0.444 e. The predicted molar refractivity (Wildman–Crippen MR) is 108 cm³/mol. The third kappa shape index (κ3) is 4.58. The second-order valence-corrected chi connectivity index (χ2v) is 8.66. The lowest BCUT2D eigenvalue weighted by molar-refractivity contribution is 0.0505. The Morgan fingerprint density at radius 1 is 1.31 bits per heavy atom. The molecular formula is C19H25BrN4O2. The van der Waals surface area contributed by atoms with E-state index < -0.39 is 5.60 Å². The number of hydrogen-bond donors (Lipinski definition) is 3. The average Bonchev–Trinajstić information content (AvgIpc) is 2.95. The molecule has 1 aliphatic rings. The molecule has 1 aliphatic carbocycles. The van der Waals surface area contributed by atoms with Crippen LogP contribution in [0, 0.1) is 0 Å². The van der Waals surface area contributed by atoms with Crippen LogP contribution in [-0.2, 0) is 4.74 Å². The van der Waals surface area contributed by atoms with Crippen molar-refractivity contribution in [2.75, 3.05) is 11.1 Å². The summed E-state index contributed by atoms with van der Waals surface area (Å²) in [5.74, 6) is 0. The number of pyridine rings is 1. The van der Waals surface area contributed by atoms with Gasteiger partial charge in [0, 0.05) is 21.9 Å². The van der Waals surface area contributed by atoms with Crippen LogP contribution in [0.5, 0.6) is 0 Å². The van der Waals surface area contributed by atoms with Gasteiger partial charge in [0.05, 0.1) is 23.1 Å². The zero-order valence-corrected chi connectivity index (χ0v) is 16.9. The minimum atomic E-state index is -0.488. The first-order chi connectivity index (χ1) is 12.2. The topological polar surface area (TPSA) is 89.3 Å². The molecule has 0 spiro atoms. The Morgan fingerprint density at radius 3 is 2.77 bits per heavy atom. The van der Waals surface area contributed by atoms with Crippen molar-refractivity contribution < 1.29 is 9.53 Å². The number of halogens is 1. The number of rotatable bonds is 3. The lowest BCUT2D eigenvalue weighted by Crippen LogP contribution is -2.38. The van der Waals surface area contributed by atoms with Crippen LogP contribution in [0.3, 0.4) is 0 Å². The van der Waals surface area contributed by atoms with Crippen LogP contribution in [-0.4, -0.2) is 28.8 Å². The molecule has 1 heterocycles. The number of aromatic nitrogens is 1. The van der Waals surface area contributed by atoms with E-state index in [4.69, 9.17) is 10.5 Å². The molecule has 2 atom stereocenters. The van der Waals surface area contributed by atoms with E-state index in [1.165, 1.54) is 0 Å². The van der Waals surface area contributed by atoms with E-state index in [9.17, 15) is 4.79 Å². The number of anilines is 2. The van der Waals surface area contributed by atoms with Crippen molar-refractivity contribution in [3.05, 3.63) is 28.9 Å². The maximum Gasteiger partial charge on any atom is 0.407 e. The van der Waals surface area contributed by atoms with Crippen molar-refractivity contribution in [1.82, 2.24) is 10.3 Å². The number of nitrogens with two attached hydrogens (primary N) is 1. The Kier molecular flexibility index (Phi) is 5.27. The minimum absolute atomic E-state index is 0.100. The molecule has 7 heteroatoms. The summed E-state index contributed by atoms with van der Waals surface area (Å²) < 4.78 is 6.32. The smallest absolute Gasteiger partial charge is 0.407 e. The molecule has 0 bridgehead atoms. The van der Waals surface area contributed by atoms with E-state index in [1.807, 2.05) is 39.0 Å². The highest BCUT2D eigenvalue weighted by Crippen LogP contribution is 2.33. The van der Waals surface area contributed by atoms with Crippen molar-refractivity contribution >= 4 is 44.3 Å². The van der Waals surface area contributed by atoms with E-state index >= 15 is 0 Å². The summed E-state index contributed by atoms with van der Waals surface area (Å²) in [4.78, 5) is 16.3. The number of amides is 1. The van der Waals surface area contributed by atoms with E-state index in [1.54, 1.807) is 6.20 Å². The zero-order chi connectivity index (χ0) is 18.9. The fourth-order valence-electron chi connectivity index (χ4n) is 3.26. The lowest BCUT2D eigenvalue weighted by atomic mass is 10.1. The molecule has 1 saturated carbocycles. The average molecular weight is 421 g/mol. The highest BCUT2D eigenvalue weighted by Gasteiger charge is 2.28. The molecule has 1 aromatic carbocycles. The van der Waals surface area contributed by atoms with Crippen LogP contribution in [0.1, 0.15) is 40.0 Å². The molecule has 2 aromatic rings. The van der Waals surface area contributed by atoms with Crippen LogP contribution >= 0.6 is 15.9 Å². The first-order valence-corrected chi connectivity index (χ1v) is 9.60. The molecule has 6 nitrogen and oxygen atoms in total. The van der Waals surface area contributed by atoms with Crippen LogP contribution in [0.2, 0.25) is 0 Å². The number of ether oxygens (including phenoxy) is 1. The van der Waals surface area contributed by atoms with Crippen molar-refractivity contribution in [3.8, 4) is 0 Å². The Balaban J connectivity index is 1.68. The summed E-state index contributed by atoms with van der Waals surface area (Å²) >= 11 is 3.51. The Hall–Kier alpha value is -2.02. The quantitative estimate of drug-likeness (QED) is 0.682. The first-order valence-electron chi connectivity index (χ1n) is 8.81. The first kappa shape index (κ1) is 18.8. The Morgan fingerprint density at radius 2 is 2.04 bits per heavy atom. The number of fused-ring (bicyclic) bond motifs is 1. The van der Waals surface area contributed by atoms with E-state index in [0.717, 1.165) is 40.3 Å². The number of nitrogens with one attached hydrogen (secondary N) is 2. The standard InChI is InChI=1S/C19H25BrN4O2/c1-19(2,3)26-18(25)24-13-6-5-12(9-13)23-17-14-8-11(20)4-7-16(14)22-10-15(17)21/h4,7-8,10,12-13H,5-6,9,21H2,1-3H3,(H,22,23)(H,24,25)/t12-,13+/m1/s1. The molecule has 1 fully saturated rings. The molecule has 140 valence electrons. The van der Waals surface area contributed by atoms with Gasteiger partial charge in [0.15, 0.2) is 0 Å². The van der Waals surface area contributed by atoms with E-state index in [-0.39, 0.29) is 18.2 Å². The van der Waals surface area contributed by atoms with Gasteiger partial charge in [0.1, 0.15) is 5.60 Å². The van der Waals surface area contributed by atoms with Gasteiger partial charge in [-0.05, 0) is 58.2 Å². The van der Waals surface area contributed by atoms with Gasteiger partial charge < -0.3 is 21.1 Å². The summed E-state index contributed by atoms with van der Waals surface area (Å²) in [6.45, 7) is 5.59. The van der Waals surface area contributed by atoms with Crippen LogP contribution in [0.15, 0.2) is 28.9 Å². The van der Waals surface area contributed by atoms with Crippen molar-refractivity contribution in [2.45, 2.75) is 57.7 Å². The number of nitrogen functional groups attached to an aromatic ring is 1. The van der Waals surface area contributed by atoms with Gasteiger partial charge in [-0.3, -0.25) is 4.98 Å². The molecule has 0 aliphatic heterocycles. The normalized spacial score (nSPS) is 20.2. The zero-order valence-electron chi connectivity index (χ0n) is 15.3. The summed E-state index contributed by atoms with van der Waals surface area (Å²) in [6.07, 6.45) is 4.02. The molecule has 0 unspecified atom stereocenters. The maximum atomic E-state index is 12.0. The van der Waals surface area contributed by atoms with Crippen LogP contribution in [0.4, 0.5) is 16.2 Å². The lowest BCUT2D eigenvalue weighted by Gasteiger charge is -2.22. The van der Waals surface area contributed by atoms with Gasteiger partial charge in [0.25, 0.3) is 0 Å². The molecule has 1 aromatic heterocycles. The number of alkyl carbamates (subject to hydrolysis) is 1. The molecule has 0 radical (unpaired) electrons. The number of benzene rings is 1. The Labute approximate surface area is 162 Å². The second kappa shape index (κ2) is 7.31. The molecular weight excluding hydrogens is 396 g/mol. The number of carbonyl (C=O) groups is 1. The fourth-order valence-corrected chi connectivity index (χ4v) is 3.62. The number of nitrogens with zero attached hydrogens (tertiary/aromatic N) is 1. The molecule has 26 heavy (non-hydrogen) atoms. The summed E-state index contributed by atoms with van der Waals surface area (Å²) in [6, 6.07) is 6.29. The molecule has 1 amide bonds. The van der Waals surface area contributed by atoms with Crippen LogP contribution < -0.4 is 16.4 Å². The van der Waals surface area contributed by atoms with E-state index in [0.29, 0.717) is 5.69 Å². The molecule has 0 saturated heterocycles. The Bertz CT molecular complexity index is 814. The fraction of sp³-hybridized carbons (Fsp3) is 0.474. The number of hydrogen-bond acceptors (Lipinski definition) is 5. The summed E-state index contributed by atoms with van der Waals surface area (Å²) in [5.41, 5.74) is 8.10. The predicted octanol–water partition coefficient (Wildman–Crippen LogP) is 4.44. The van der Waals surface area contributed by atoms with Gasteiger partial charge in [-0.25, -0.2) is 4.79 Å². The van der Waals surface area contributed by atoms with E-state index in [2.05, 4.69) is 31.5 Å². The van der Waals surface area contributed by atoms with Crippen molar-refractivity contribution in [1.29, 1.82) is 0 Å². The van der Waals surface area contributed by atoms with Gasteiger partial charge in [-0.2, -0.15) is 0 Å². The van der Waals surface area contributed by atoms with Crippen molar-refractivity contribution in [2.24, 2.45) is 0 Å². The van der Waals surface area contributed by atoms with Crippen LogP contribution in [0.25, 0.3) is 10.9 Å². The van der Waals surface area contributed by atoms with Crippen molar-refractivity contribution in [3.63, 3.8) is 0 Å². The van der Waals surface area contributed by atoms with Gasteiger partial charge in [-0.1, -0.05) is 15.9 Å². The highest BCUT2D eigenvalue weighted by molar-refractivity contribution is 9.10. The van der Waals surface area contributed by atoms with Gasteiger partial charge in [-0.15, -0.1) is 0 Å². The highest BCUT2D eigenvalue weighted by atomic mass is 79.9. The SMILES string of the molecule is CC(C)(C)OC(=O)N[C@H]1CC[C@@H](Nc2c(N)cnc3ccc(Br)cc23)C1. The summed E-state index contributed by atoms with van der Waals surface area (Å²) in [5, 5.41) is 7.50.